The van der Waals surface area contributed by atoms with E-state index in [4.69, 9.17) is 5.73 Å². The molecule has 1 aromatic heterocycles. The lowest BCUT2D eigenvalue weighted by atomic mass is 10.3. The Hall–Kier alpha value is -1.06. The van der Waals surface area contributed by atoms with Crippen LogP contribution in [-0.2, 0) is 10.0 Å². The molecule has 9 heteroatoms. The van der Waals surface area contributed by atoms with Gasteiger partial charge in [0, 0.05) is 0 Å². The van der Waals surface area contributed by atoms with Gasteiger partial charge in [-0.2, -0.15) is 5.21 Å². The Morgan fingerprint density at radius 1 is 1.50 bits per heavy atom. The molecule has 0 radical (unpaired) electrons. The summed E-state index contributed by atoms with van der Waals surface area (Å²) in [4.78, 5) is 0. The number of nitrogens with one attached hydrogen (secondary N) is 2. The molecular formula is C7H16N6O2S. The van der Waals surface area contributed by atoms with E-state index in [9.17, 15) is 8.42 Å². The van der Waals surface area contributed by atoms with E-state index in [0.717, 1.165) is 0 Å². The highest BCUT2D eigenvalue weighted by atomic mass is 32.2. The summed E-state index contributed by atoms with van der Waals surface area (Å²) in [5.41, 5.74) is 5.29. The molecule has 1 atom stereocenters. The standard InChI is InChI=1S/C7H16N6O2S/c1-6(7-9-12-13-10-7)11-16(14,15)5-3-2-4-8/h6,11H,2-5,8H2,1H3,(H,9,10,12,13). The number of tetrazole rings is 1. The molecule has 0 amide bonds. The van der Waals surface area contributed by atoms with E-state index >= 15 is 0 Å². The normalized spacial score (nSPS) is 13.9. The first-order valence-electron chi connectivity index (χ1n) is 4.98. The fourth-order valence-electron chi connectivity index (χ4n) is 1.17. The summed E-state index contributed by atoms with van der Waals surface area (Å²) >= 11 is 0. The average molecular weight is 248 g/mol. The van der Waals surface area contributed by atoms with Gasteiger partial charge in [-0.25, -0.2) is 13.1 Å². The molecule has 4 N–H and O–H groups in total. The van der Waals surface area contributed by atoms with Gasteiger partial charge in [0.15, 0.2) is 5.82 Å². The van der Waals surface area contributed by atoms with Crippen LogP contribution in [0.15, 0.2) is 0 Å². The monoisotopic (exact) mass is 248 g/mol. The second-order valence-electron chi connectivity index (χ2n) is 3.42. The lowest BCUT2D eigenvalue weighted by Gasteiger charge is -2.10. The molecule has 92 valence electrons. The van der Waals surface area contributed by atoms with Gasteiger partial charge < -0.3 is 5.73 Å². The van der Waals surface area contributed by atoms with E-state index in [1.165, 1.54) is 0 Å². The van der Waals surface area contributed by atoms with Crippen molar-refractivity contribution in [3.8, 4) is 0 Å². The number of aromatic amines is 1. The van der Waals surface area contributed by atoms with Crippen LogP contribution in [0.2, 0.25) is 0 Å². The summed E-state index contributed by atoms with van der Waals surface area (Å²) in [5, 5.41) is 13.0. The summed E-state index contributed by atoms with van der Waals surface area (Å²) in [5.74, 6) is 0.384. The van der Waals surface area contributed by atoms with Crippen molar-refractivity contribution in [2.24, 2.45) is 5.73 Å². The molecule has 1 aromatic rings. The van der Waals surface area contributed by atoms with Gasteiger partial charge in [0.1, 0.15) is 0 Å². The number of unbranched alkanes of at least 4 members (excludes halogenated alkanes) is 1. The molecule has 0 saturated carbocycles. The predicted molar refractivity (Wildman–Crippen MR) is 57.8 cm³/mol. The average Bonchev–Trinajstić information content (AvgIpc) is 2.69. The zero-order chi connectivity index (χ0) is 12.0. The molecule has 0 fully saturated rings. The first-order valence-corrected chi connectivity index (χ1v) is 6.64. The molecular weight excluding hydrogens is 232 g/mol. The van der Waals surface area contributed by atoms with Crippen LogP contribution in [0.1, 0.15) is 31.6 Å². The van der Waals surface area contributed by atoms with Gasteiger partial charge in [0.2, 0.25) is 10.0 Å². The molecule has 1 unspecified atom stereocenters. The highest BCUT2D eigenvalue weighted by molar-refractivity contribution is 7.89. The van der Waals surface area contributed by atoms with Crippen LogP contribution in [-0.4, -0.2) is 41.3 Å². The topological polar surface area (TPSA) is 127 Å². The molecule has 0 aromatic carbocycles. The third-order valence-corrected chi connectivity index (χ3v) is 3.51. The van der Waals surface area contributed by atoms with Gasteiger partial charge in [0.25, 0.3) is 0 Å². The fraction of sp³-hybridized carbons (Fsp3) is 0.857. The van der Waals surface area contributed by atoms with Crippen LogP contribution in [0.25, 0.3) is 0 Å². The minimum Gasteiger partial charge on any atom is -0.330 e. The number of aromatic nitrogens is 4. The van der Waals surface area contributed by atoms with Crippen LogP contribution in [0.3, 0.4) is 0 Å². The van der Waals surface area contributed by atoms with E-state index in [1.807, 2.05) is 0 Å². The molecule has 0 aliphatic rings. The maximum absolute atomic E-state index is 11.6. The van der Waals surface area contributed by atoms with Crippen molar-refractivity contribution in [3.63, 3.8) is 0 Å². The largest absolute Gasteiger partial charge is 0.330 e. The third kappa shape index (κ3) is 4.21. The number of hydrogen-bond acceptors (Lipinski definition) is 6. The predicted octanol–water partition coefficient (Wildman–Crippen LogP) is -1.08. The number of rotatable bonds is 7. The van der Waals surface area contributed by atoms with Gasteiger partial charge in [0.05, 0.1) is 11.8 Å². The molecule has 1 rings (SSSR count). The zero-order valence-corrected chi connectivity index (χ0v) is 9.87. The van der Waals surface area contributed by atoms with Crippen LogP contribution in [0.4, 0.5) is 0 Å². The lowest BCUT2D eigenvalue weighted by molar-refractivity contribution is 0.556. The van der Waals surface area contributed by atoms with Gasteiger partial charge in [-0.15, -0.1) is 10.2 Å². The number of H-pyrrole nitrogens is 1. The van der Waals surface area contributed by atoms with Gasteiger partial charge >= 0.3 is 0 Å². The van der Waals surface area contributed by atoms with Gasteiger partial charge in [-0.1, -0.05) is 5.21 Å². The van der Waals surface area contributed by atoms with Crippen LogP contribution >= 0.6 is 0 Å². The molecule has 0 aliphatic carbocycles. The molecule has 1 heterocycles. The second-order valence-corrected chi connectivity index (χ2v) is 5.30. The first-order chi connectivity index (χ1) is 7.55. The number of nitrogens with zero attached hydrogens (tertiary/aromatic N) is 3. The Bertz CT molecular complexity index is 389. The Kier molecular flexibility index (Phi) is 4.77. The quantitative estimate of drug-likeness (QED) is 0.527. The Labute approximate surface area is 94.0 Å². The van der Waals surface area contributed by atoms with E-state index < -0.39 is 16.1 Å². The number of nitrogens with two attached hydrogens (primary N) is 1. The summed E-state index contributed by atoms with van der Waals surface area (Å²) in [7, 11) is -3.31. The summed E-state index contributed by atoms with van der Waals surface area (Å²) in [6, 6.07) is -0.485. The maximum Gasteiger partial charge on any atom is 0.212 e. The molecule has 0 bridgehead atoms. The highest BCUT2D eigenvalue weighted by Gasteiger charge is 2.17. The van der Waals surface area contributed by atoms with Crippen molar-refractivity contribution < 1.29 is 8.42 Å². The van der Waals surface area contributed by atoms with Crippen molar-refractivity contribution in [2.45, 2.75) is 25.8 Å². The molecule has 8 nitrogen and oxygen atoms in total. The Morgan fingerprint density at radius 3 is 2.81 bits per heavy atom. The highest BCUT2D eigenvalue weighted by Crippen LogP contribution is 2.06. The smallest absolute Gasteiger partial charge is 0.212 e. The van der Waals surface area contributed by atoms with Crippen molar-refractivity contribution in [3.05, 3.63) is 5.82 Å². The van der Waals surface area contributed by atoms with Gasteiger partial charge in [-0.3, -0.25) is 0 Å². The van der Waals surface area contributed by atoms with Crippen LogP contribution in [0.5, 0.6) is 0 Å². The maximum atomic E-state index is 11.6. The van der Waals surface area contributed by atoms with Crippen LogP contribution < -0.4 is 10.5 Å². The third-order valence-electron chi connectivity index (χ3n) is 1.97. The van der Waals surface area contributed by atoms with Crippen molar-refractivity contribution >= 4 is 10.0 Å². The zero-order valence-electron chi connectivity index (χ0n) is 9.05. The summed E-state index contributed by atoms with van der Waals surface area (Å²) < 4.78 is 25.6. The second kappa shape index (κ2) is 5.87. The molecule has 0 saturated heterocycles. The van der Waals surface area contributed by atoms with E-state index in [0.29, 0.717) is 25.2 Å². The SMILES string of the molecule is CC(NS(=O)(=O)CCCCN)c1nn[nH]n1. The number of hydrogen-bond donors (Lipinski definition) is 3. The molecule has 16 heavy (non-hydrogen) atoms. The van der Waals surface area contributed by atoms with E-state index in [2.05, 4.69) is 25.3 Å². The van der Waals surface area contributed by atoms with Gasteiger partial charge in [-0.05, 0) is 26.3 Å². The first kappa shape index (κ1) is 13.0. The van der Waals surface area contributed by atoms with Crippen LogP contribution in [0, 0.1) is 0 Å². The Morgan fingerprint density at radius 2 is 2.25 bits per heavy atom. The number of sulfonamides is 1. The van der Waals surface area contributed by atoms with Crippen molar-refractivity contribution in [1.82, 2.24) is 25.3 Å². The summed E-state index contributed by atoms with van der Waals surface area (Å²) in [6.07, 6.45) is 1.24. The van der Waals surface area contributed by atoms with Crippen molar-refractivity contribution in [2.75, 3.05) is 12.3 Å². The molecule has 0 spiro atoms. The lowest BCUT2D eigenvalue weighted by Crippen LogP contribution is -2.30. The van der Waals surface area contributed by atoms with E-state index in [-0.39, 0.29) is 5.75 Å². The summed E-state index contributed by atoms with van der Waals surface area (Å²) in [6.45, 7) is 2.15. The Balaban J connectivity index is 2.46. The van der Waals surface area contributed by atoms with E-state index in [1.54, 1.807) is 6.92 Å². The van der Waals surface area contributed by atoms with Crippen molar-refractivity contribution in [1.29, 1.82) is 0 Å². The fourth-order valence-corrected chi connectivity index (χ4v) is 2.52. The minimum absolute atomic E-state index is 0.0619. The molecule has 0 aliphatic heterocycles. The minimum atomic E-state index is -3.31.